The highest BCUT2D eigenvalue weighted by atomic mass is 15.1. The van der Waals surface area contributed by atoms with Gasteiger partial charge >= 0.3 is 0 Å². The van der Waals surface area contributed by atoms with Gasteiger partial charge in [0.15, 0.2) is 0 Å². The molecule has 0 fully saturated rings. The molecule has 9 heavy (non-hydrogen) atoms. The molecule has 0 aliphatic heterocycles. The highest BCUT2D eigenvalue weighted by molar-refractivity contribution is 5.18. The summed E-state index contributed by atoms with van der Waals surface area (Å²) in [6.07, 6.45) is 1.20. The number of nitrogens with two attached hydrogens (primary N) is 1. The summed E-state index contributed by atoms with van der Waals surface area (Å²) in [5, 5.41) is 8.20. The minimum Gasteiger partial charge on any atom is -0.368 e. The lowest BCUT2D eigenvalue weighted by molar-refractivity contribution is 1.03. The minimum absolute atomic E-state index is 0.0440. The van der Waals surface area contributed by atoms with E-state index in [1.165, 1.54) is 6.33 Å². The fourth-order valence-corrected chi connectivity index (χ4v) is 0.363. The van der Waals surface area contributed by atoms with E-state index in [9.17, 15) is 0 Å². The Morgan fingerprint density at radius 2 is 2.33 bits per heavy atom. The number of nitrogens with zero attached hydrogens (tertiary/aromatic N) is 4. The molecule has 0 aromatic carbocycles. The van der Waals surface area contributed by atoms with Gasteiger partial charge in [0, 0.05) is 0 Å². The van der Waals surface area contributed by atoms with Crippen LogP contribution in [0.15, 0.2) is 6.33 Å². The molecule has 0 aliphatic carbocycles. The summed E-state index contributed by atoms with van der Waals surface area (Å²) in [7, 11) is 0. The molecule has 2 N–H and O–H groups in total. The summed E-state index contributed by atoms with van der Waals surface area (Å²) in [6.45, 7) is 0. The third kappa shape index (κ3) is 1.10. The first-order valence-electron chi connectivity index (χ1n) is 2.17. The molecule has 1 aromatic heterocycles. The van der Waals surface area contributed by atoms with Gasteiger partial charge in [-0.05, 0) is 0 Å². The first-order chi connectivity index (χ1) is 4.33. The maximum absolute atomic E-state index is 8.20. The summed E-state index contributed by atoms with van der Waals surface area (Å²) in [6, 6.07) is 1.73. The molecular weight excluding hydrogens is 118 g/mol. The smallest absolute Gasteiger partial charge is 0.236 e. The van der Waals surface area contributed by atoms with Gasteiger partial charge in [-0.2, -0.15) is 10.2 Å². The van der Waals surface area contributed by atoms with Crippen molar-refractivity contribution in [2.24, 2.45) is 0 Å². The van der Waals surface area contributed by atoms with Crippen molar-refractivity contribution in [2.75, 3.05) is 5.73 Å². The van der Waals surface area contributed by atoms with Crippen molar-refractivity contribution >= 4 is 5.95 Å². The van der Waals surface area contributed by atoms with E-state index in [4.69, 9.17) is 11.0 Å². The summed E-state index contributed by atoms with van der Waals surface area (Å²) in [4.78, 5) is 10.5. The van der Waals surface area contributed by atoms with Crippen molar-refractivity contribution in [2.45, 2.75) is 0 Å². The van der Waals surface area contributed by atoms with Gasteiger partial charge in [-0.15, -0.1) is 0 Å². The van der Waals surface area contributed by atoms with Crippen LogP contribution in [-0.2, 0) is 0 Å². The van der Waals surface area contributed by atoms with Crippen LogP contribution in [0, 0.1) is 11.3 Å². The van der Waals surface area contributed by atoms with Crippen LogP contribution in [0.3, 0.4) is 0 Å². The van der Waals surface area contributed by atoms with Crippen LogP contribution in [0.4, 0.5) is 5.95 Å². The summed E-state index contributed by atoms with van der Waals surface area (Å²) >= 11 is 0. The molecule has 1 rings (SSSR count). The summed E-state index contributed by atoms with van der Waals surface area (Å²) in [5.74, 6) is 0.115. The minimum atomic E-state index is 0.0440. The van der Waals surface area contributed by atoms with Crippen LogP contribution in [-0.4, -0.2) is 15.0 Å². The van der Waals surface area contributed by atoms with Gasteiger partial charge in [0.1, 0.15) is 12.4 Å². The molecule has 0 aliphatic rings. The zero-order valence-corrected chi connectivity index (χ0v) is 4.44. The van der Waals surface area contributed by atoms with Crippen LogP contribution < -0.4 is 5.73 Å². The fourth-order valence-electron chi connectivity index (χ4n) is 0.363. The van der Waals surface area contributed by atoms with Crippen molar-refractivity contribution in [3.05, 3.63) is 12.2 Å². The predicted molar refractivity (Wildman–Crippen MR) is 29.0 cm³/mol. The quantitative estimate of drug-likeness (QED) is 0.491. The Morgan fingerprint density at radius 3 is 2.78 bits per heavy atom. The molecule has 0 saturated carbocycles. The van der Waals surface area contributed by atoms with E-state index in [-0.39, 0.29) is 11.8 Å². The van der Waals surface area contributed by atoms with Gasteiger partial charge in [0.2, 0.25) is 11.8 Å². The first-order valence-corrected chi connectivity index (χ1v) is 2.17. The van der Waals surface area contributed by atoms with Crippen molar-refractivity contribution in [1.29, 1.82) is 5.26 Å². The molecule has 5 heteroatoms. The van der Waals surface area contributed by atoms with Gasteiger partial charge in [-0.1, -0.05) is 0 Å². The largest absolute Gasteiger partial charge is 0.368 e. The van der Waals surface area contributed by atoms with E-state index in [1.54, 1.807) is 6.07 Å². The number of hydrogen-bond donors (Lipinski definition) is 1. The molecule has 0 amide bonds. The molecule has 5 nitrogen and oxygen atoms in total. The predicted octanol–water partition coefficient (Wildman–Crippen LogP) is -0.675. The number of hydrogen-bond acceptors (Lipinski definition) is 5. The van der Waals surface area contributed by atoms with Crippen molar-refractivity contribution in [3.8, 4) is 6.07 Å². The van der Waals surface area contributed by atoms with E-state index >= 15 is 0 Å². The molecule has 1 aromatic rings. The van der Waals surface area contributed by atoms with E-state index < -0.39 is 0 Å². The molecule has 0 saturated heterocycles. The topological polar surface area (TPSA) is 88.5 Å². The fraction of sp³-hybridized carbons (Fsp3) is 0. The molecule has 0 unspecified atom stereocenters. The number of aromatic nitrogens is 3. The highest BCUT2D eigenvalue weighted by Crippen LogP contribution is 1.86. The Kier molecular flexibility index (Phi) is 1.24. The summed E-state index contributed by atoms with van der Waals surface area (Å²) < 4.78 is 0. The van der Waals surface area contributed by atoms with Gasteiger partial charge in [-0.25, -0.2) is 9.97 Å². The monoisotopic (exact) mass is 121 g/mol. The Labute approximate surface area is 51.2 Å². The molecule has 0 atom stereocenters. The lowest BCUT2D eigenvalue weighted by atomic mass is 10.7. The molecule has 0 bridgehead atoms. The zero-order valence-electron chi connectivity index (χ0n) is 4.44. The number of anilines is 1. The Balaban J connectivity index is 3.12. The van der Waals surface area contributed by atoms with Crippen LogP contribution in [0.5, 0.6) is 0 Å². The summed E-state index contributed by atoms with van der Waals surface area (Å²) in [5.41, 5.74) is 5.12. The molecule has 0 radical (unpaired) electrons. The van der Waals surface area contributed by atoms with Crippen molar-refractivity contribution in [1.82, 2.24) is 15.0 Å². The Morgan fingerprint density at radius 1 is 1.56 bits per heavy atom. The maximum atomic E-state index is 8.20. The lowest BCUT2D eigenvalue weighted by Crippen LogP contribution is -1.97. The molecule has 1 heterocycles. The van der Waals surface area contributed by atoms with Crippen molar-refractivity contribution < 1.29 is 0 Å². The maximum Gasteiger partial charge on any atom is 0.236 e. The average molecular weight is 121 g/mol. The van der Waals surface area contributed by atoms with E-state index in [1.807, 2.05) is 0 Å². The second-order valence-corrected chi connectivity index (χ2v) is 1.28. The van der Waals surface area contributed by atoms with E-state index in [0.29, 0.717) is 0 Å². The highest BCUT2D eigenvalue weighted by Gasteiger charge is 1.91. The van der Waals surface area contributed by atoms with E-state index in [0.717, 1.165) is 0 Å². The number of nitrogen functional groups attached to an aromatic ring is 1. The second-order valence-electron chi connectivity index (χ2n) is 1.28. The normalized spacial score (nSPS) is 8.33. The van der Waals surface area contributed by atoms with Gasteiger partial charge in [0.25, 0.3) is 0 Å². The van der Waals surface area contributed by atoms with Crippen LogP contribution in [0.2, 0.25) is 0 Å². The molecule has 0 spiro atoms. The Hall–Kier alpha value is -1.70. The Bertz CT molecular complexity index is 249. The zero-order chi connectivity index (χ0) is 6.69. The standard InChI is InChI=1S/C4H3N5/c5-1-3-7-2-8-4(6)9-3/h2H,(H2,6,7,8,9). The SMILES string of the molecule is N#Cc1ncnc(N)n1. The first kappa shape index (κ1) is 5.44. The van der Waals surface area contributed by atoms with Crippen molar-refractivity contribution in [3.63, 3.8) is 0 Å². The number of nitriles is 1. The van der Waals surface area contributed by atoms with E-state index in [2.05, 4.69) is 15.0 Å². The average Bonchev–Trinajstić information content (AvgIpc) is 1.88. The van der Waals surface area contributed by atoms with Crippen LogP contribution in [0.25, 0.3) is 0 Å². The number of rotatable bonds is 0. The molecule has 44 valence electrons. The third-order valence-corrected chi connectivity index (χ3v) is 0.690. The third-order valence-electron chi connectivity index (χ3n) is 0.690. The second kappa shape index (κ2) is 2.05. The van der Waals surface area contributed by atoms with Gasteiger partial charge in [0.05, 0.1) is 0 Å². The lowest BCUT2D eigenvalue weighted by Gasteiger charge is -1.86. The van der Waals surface area contributed by atoms with Gasteiger partial charge in [-0.3, -0.25) is 0 Å². The molecular formula is C4H3N5. The van der Waals surface area contributed by atoms with Crippen LogP contribution >= 0.6 is 0 Å². The van der Waals surface area contributed by atoms with Gasteiger partial charge < -0.3 is 5.73 Å². The van der Waals surface area contributed by atoms with Crippen LogP contribution in [0.1, 0.15) is 5.82 Å².